The summed E-state index contributed by atoms with van der Waals surface area (Å²) in [5.41, 5.74) is 2.38. The van der Waals surface area contributed by atoms with E-state index >= 15 is 0 Å². The van der Waals surface area contributed by atoms with Crippen LogP contribution in [-0.4, -0.2) is 29.2 Å². The van der Waals surface area contributed by atoms with Crippen molar-refractivity contribution in [1.29, 1.82) is 0 Å². The molecule has 0 N–H and O–H groups in total. The van der Waals surface area contributed by atoms with Crippen LogP contribution in [-0.2, 0) is 17.5 Å². The number of imidazole rings is 1. The Morgan fingerprint density at radius 3 is 2.59 bits per heavy atom. The molecule has 2 rings (SSSR count). The van der Waals surface area contributed by atoms with Crippen LogP contribution in [0.4, 0.5) is 0 Å². The highest BCUT2D eigenvalue weighted by Crippen LogP contribution is 2.25. The summed E-state index contributed by atoms with van der Waals surface area (Å²) in [7, 11) is 3.49. The molecule has 1 aromatic carbocycles. The van der Waals surface area contributed by atoms with Crippen LogP contribution < -0.4 is 4.74 Å². The monoisotopic (exact) mass is 320 g/mol. The smallest absolute Gasteiger partial charge is 0.356 e. The summed E-state index contributed by atoms with van der Waals surface area (Å²) in [6.07, 6.45) is 0. The zero-order chi connectivity index (χ0) is 16.1. The van der Waals surface area contributed by atoms with E-state index in [0.717, 1.165) is 16.7 Å². The van der Waals surface area contributed by atoms with Crippen LogP contribution in [0, 0.1) is 6.92 Å². The Kier molecular flexibility index (Phi) is 5.49. The third kappa shape index (κ3) is 3.62. The summed E-state index contributed by atoms with van der Waals surface area (Å²) in [5, 5.41) is 0.802. The number of hydrogen-bond acceptors (Lipinski definition) is 5. The maximum Gasteiger partial charge on any atom is 0.356 e. The van der Waals surface area contributed by atoms with Gasteiger partial charge in [-0.05, 0) is 31.5 Å². The Hall–Kier alpha value is -1.95. The highest BCUT2D eigenvalue weighted by atomic mass is 32.2. The quantitative estimate of drug-likeness (QED) is 0.604. The SMILES string of the molecule is CCOC(=O)c1c(C)nc(SCc2ccc(OC)cc2)n1C. The first-order valence-electron chi connectivity index (χ1n) is 7.03. The van der Waals surface area contributed by atoms with E-state index in [2.05, 4.69) is 4.98 Å². The van der Waals surface area contributed by atoms with Crippen LogP contribution in [0.25, 0.3) is 0 Å². The largest absolute Gasteiger partial charge is 0.497 e. The average molecular weight is 320 g/mol. The van der Waals surface area contributed by atoms with Crippen molar-refractivity contribution in [2.45, 2.75) is 24.8 Å². The summed E-state index contributed by atoms with van der Waals surface area (Å²) < 4.78 is 12.0. The number of aromatic nitrogens is 2. The number of aryl methyl sites for hydroxylation is 1. The number of ether oxygens (including phenoxy) is 2. The molecule has 0 aliphatic carbocycles. The predicted molar refractivity (Wildman–Crippen MR) is 86.5 cm³/mol. The predicted octanol–water partition coefficient (Wildman–Crippen LogP) is 3.21. The Balaban J connectivity index is 2.09. The number of rotatable bonds is 6. The van der Waals surface area contributed by atoms with E-state index in [9.17, 15) is 4.79 Å². The summed E-state index contributed by atoms with van der Waals surface area (Å²) >= 11 is 1.59. The molecule has 0 fully saturated rings. The molecule has 0 spiro atoms. The summed E-state index contributed by atoms with van der Waals surface area (Å²) in [6.45, 7) is 3.98. The van der Waals surface area contributed by atoms with E-state index in [1.165, 1.54) is 5.56 Å². The molecule has 0 saturated carbocycles. The van der Waals surface area contributed by atoms with Crippen LogP contribution in [0.2, 0.25) is 0 Å². The highest BCUT2D eigenvalue weighted by molar-refractivity contribution is 7.98. The third-order valence-electron chi connectivity index (χ3n) is 3.22. The molecule has 0 atom stereocenters. The van der Waals surface area contributed by atoms with Crippen LogP contribution in [0.3, 0.4) is 0 Å². The molecule has 0 unspecified atom stereocenters. The van der Waals surface area contributed by atoms with Gasteiger partial charge in [-0.2, -0.15) is 0 Å². The van der Waals surface area contributed by atoms with Crippen molar-refractivity contribution in [3.8, 4) is 5.75 Å². The van der Waals surface area contributed by atoms with Gasteiger partial charge in [0.05, 0.1) is 19.4 Å². The van der Waals surface area contributed by atoms with Crippen molar-refractivity contribution < 1.29 is 14.3 Å². The van der Waals surface area contributed by atoms with Crippen molar-refractivity contribution >= 4 is 17.7 Å². The molecule has 5 nitrogen and oxygen atoms in total. The lowest BCUT2D eigenvalue weighted by molar-refractivity contribution is 0.0513. The van der Waals surface area contributed by atoms with Gasteiger partial charge in [-0.3, -0.25) is 0 Å². The first kappa shape index (κ1) is 16.4. The van der Waals surface area contributed by atoms with Gasteiger partial charge in [0.15, 0.2) is 10.9 Å². The molecule has 6 heteroatoms. The molecule has 0 saturated heterocycles. The number of carbonyl (C=O) groups is 1. The van der Waals surface area contributed by atoms with Crippen LogP contribution in [0.5, 0.6) is 5.75 Å². The van der Waals surface area contributed by atoms with Gasteiger partial charge in [-0.25, -0.2) is 9.78 Å². The second kappa shape index (κ2) is 7.35. The molecule has 1 aromatic heterocycles. The molecule has 118 valence electrons. The molecule has 0 radical (unpaired) electrons. The molecule has 0 aliphatic rings. The van der Waals surface area contributed by atoms with E-state index in [1.54, 1.807) is 30.4 Å². The lowest BCUT2D eigenvalue weighted by atomic mass is 10.2. The zero-order valence-corrected chi connectivity index (χ0v) is 14.1. The molecule has 0 amide bonds. The molecular formula is C16H20N2O3S. The van der Waals surface area contributed by atoms with Crippen molar-refractivity contribution in [2.24, 2.45) is 7.05 Å². The number of methoxy groups -OCH3 is 1. The van der Waals surface area contributed by atoms with Gasteiger partial charge in [0, 0.05) is 12.8 Å². The Morgan fingerprint density at radius 2 is 2.00 bits per heavy atom. The number of nitrogens with zero attached hydrogens (tertiary/aromatic N) is 2. The molecule has 2 aromatic rings. The van der Waals surface area contributed by atoms with Crippen LogP contribution >= 0.6 is 11.8 Å². The normalized spacial score (nSPS) is 10.5. The lowest BCUT2D eigenvalue weighted by Gasteiger charge is -2.06. The van der Waals surface area contributed by atoms with Gasteiger partial charge in [-0.15, -0.1) is 0 Å². The Bertz CT molecular complexity index is 650. The third-order valence-corrected chi connectivity index (χ3v) is 4.33. The van der Waals surface area contributed by atoms with Crippen LogP contribution in [0.1, 0.15) is 28.7 Å². The Labute approximate surface area is 134 Å². The van der Waals surface area contributed by atoms with Gasteiger partial charge in [0.25, 0.3) is 0 Å². The number of esters is 1. The fourth-order valence-electron chi connectivity index (χ4n) is 2.09. The second-order valence-electron chi connectivity index (χ2n) is 4.74. The number of benzene rings is 1. The van der Waals surface area contributed by atoms with Crippen molar-refractivity contribution in [2.75, 3.05) is 13.7 Å². The average Bonchev–Trinajstić information content (AvgIpc) is 2.80. The fraction of sp³-hybridized carbons (Fsp3) is 0.375. The Morgan fingerprint density at radius 1 is 1.32 bits per heavy atom. The van der Waals surface area contributed by atoms with Gasteiger partial charge >= 0.3 is 5.97 Å². The van der Waals surface area contributed by atoms with E-state index in [0.29, 0.717) is 18.0 Å². The topological polar surface area (TPSA) is 53.4 Å². The summed E-state index contributed by atoms with van der Waals surface area (Å²) in [4.78, 5) is 16.4. The van der Waals surface area contributed by atoms with E-state index in [4.69, 9.17) is 9.47 Å². The first-order chi connectivity index (χ1) is 10.6. The highest BCUT2D eigenvalue weighted by Gasteiger charge is 2.19. The van der Waals surface area contributed by atoms with E-state index in [-0.39, 0.29) is 5.97 Å². The number of carbonyl (C=O) groups excluding carboxylic acids is 1. The van der Waals surface area contributed by atoms with Gasteiger partial charge in [-0.1, -0.05) is 23.9 Å². The first-order valence-corrected chi connectivity index (χ1v) is 8.01. The maximum atomic E-state index is 11.9. The van der Waals surface area contributed by atoms with E-state index in [1.807, 2.05) is 38.2 Å². The van der Waals surface area contributed by atoms with Gasteiger partial charge in [0.2, 0.25) is 0 Å². The minimum absolute atomic E-state index is 0.328. The van der Waals surface area contributed by atoms with Crippen molar-refractivity contribution in [3.63, 3.8) is 0 Å². The minimum Gasteiger partial charge on any atom is -0.497 e. The second-order valence-corrected chi connectivity index (χ2v) is 5.69. The molecule has 0 aliphatic heterocycles. The zero-order valence-electron chi connectivity index (χ0n) is 13.3. The van der Waals surface area contributed by atoms with Crippen molar-refractivity contribution in [1.82, 2.24) is 9.55 Å². The molecule has 1 heterocycles. The van der Waals surface area contributed by atoms with E-state index < -0.39 is 0 Å². The lowest BCUT2D eigenvalue weighted by Crippen LogP contribution is -2.11. The standard InChI is InChI=1S/C16H20N2O3S/c1-5-21-15(19)14-11(2)17-16(18(14)3)22-10-12-6-8-13(20-4)9-7-12/h6-9H,5,10H2,1-4H3. The van der Waals surface area contributed by atoms with Crippen LogP contribution in [0.15, 0.2) is 29.4 Å². The number of hydrogen-bond donors (Lipinski definition) is 0. The van der Waals surface area contributed by atoms with Gasteiger partial charge in [0.1, 0.15) is 5.75 Å². The molecule has 22 heavy (non-hydrogen) atoms. The fourth-order valence-corrected chi connectivity index (χ4v) is 3.07. The van der Waals surface area contributed by atoms with Crippen molar-refractivity contribution in [3.05, 3.63) is 41.2 Å². The summed E-state index contributed by atoms with van der Waals surface area (Å²) in [5.74, 6) is 1.29. The summed E-state index contributed by atoms with van der Waals surface area (Å²) in [6, 6.07) is 7.91. The molecular weight excluding hydrogens is 300 g/mol. The minimum atomic E-state index is -0.328. The maximum absolute atomic E-state index is 11.9. The molecule has 0 bridgehead atoms. The van der Waals surface area contributed by atoms with Gasteiger partial charge < -0.3 is 14.0 Å². The number of thioether (sulfide) groups is 1.